The van der Waals surface area contributed by atoms with E-state index >= 15 is 0 Å². The fourth-order valence-electron chi connectivity index (χ4n) is 1.73. The fourth-order valence-corrected chi connectivity index (χ4v) is 1.73. The van der Waals surface area contributed by atoms with Crippen LogP contribution in [0.5, 0.6) is 5.75 Å². The van der Waals surface area contributed by atoms with Gasteiger partial charge in [-0.3, -0.25) is 14.9 Å². The summed E-state index contributed by atoms with van der Waals surface area (Å²) in [5, 5.41) is 22.2. The lowest BCUT2D eigenvalue weighted by Gasteiger charge is -2.26. The molecule has 2 N–H and O–H groups in total. The molecule has 0 aromatic heterocycles. The lowest BCUT2D eigenvalue weighted by Crippen LogP contribution is -2.34. The summed E-state index contributed by atoms with van der Waals surface area (Å²) in [4.78, 5) is 20.7. The minimum absolute atomic E-state index is 0.0568. The summed E-state index contributed by atoms with van der Waals surface area (Å²) < 4.78 is 18.7. The van der Waals surface area contributed by atoms with Crippen molar-refractivity contribution in [1.82, 2.24) is 0 Å². The number of methoxy groups -OCH3 is 1. The van der Waals surface area contributed by atoms with Crippen molar-refractivity contribution >= 4 is 17.3 Å². The molecule has 8 heteroatoms. The molecule has 0 heterocycles. The third-order valence-electron chi connectivity index (χ3n) is 2.53. The number of rotatable bonds is 6. The summed E-state index contributed by atoms with van der Waals surface area (Å²) in [7, 11) is 1.23. The van der Waals surface area contributed by atoms with Gasteiger partial charge >= 0.3 is 11.7 Å². The van der Waals surface area contributed by atoms with Gasteiger partial charge in [0.05, 0.1) is 30.2 Å². The van der Waals surface area contributed by atoms with Crippen LogP contribution in [0.25, 0.3) is 0 Å². The highest BCUT2D eigenvalue weighted by Crippen LogP contribution is 2.33. The number of nitrogens with zero attached hydrogens (tertiary/aromatic N) is 1. The summed E-state index contributed by atoms with van der Waals surface area (Å²) in [6, 6.07) is 1.87. The van der Waals surface area contributed by atoms with Gasteiger partial charge in [-0.05, 0) is 13.8 Å². The van der Waals surface area contributed by atoms with E-state index in [1.54, 1.807) is 13.8 Å². The van der Waals surface area contributed by atoms with Crippen molar-refractivity contribution in [2.24, 2.45) is 0 Å². The first-order valence-corrected chi connectivity index (χ1v) is 5.68. The molecule has 110 valence electrons. The third kappa shape index (κ3) is 3.81. The number of carbonyl (C=O) groups is 1. The quantitative estimate of drug-likeness (QED) is 0.615. The number of ether oxygens (including phenoxy) is 1. The molecule has 0 saturated heterocycles. The van der Waals surface area contributed by atoms with Crippen LogP contribution in [-0.2, 0) is 4.79 Å². The van der Waals surface area contributed by atoms with Crippen LogP contribution in [0.15, 0.2) is 12.1 Å². The van der Waals surface area contributed by atoms with Crippen molar-refractivity contribution in [2.75, 3.05) is 12.4 Å². The highest BCUT2D eigenvalue weighted by molar-refractivity contribution is 5.69. The van der Waals surface area contributed by atoms with E-state index in [0.717, 1.165) is 12.1 Å². The van der Waals surface area contributed by atoms with Gasteiger partial charge in [0, 0.05) is 11.6 Å². The number of anilines is 1. The SMILES string of the molecule is COc1cc(NC(C)(C)CC(=O)O)c(F)cc1[N+](=O)[O-]. The van der Waals surface area contributed by atoms with E-state index < -0.39 is 27.9 Å². The Kier molecular flexibility index (Phi) is 4.49. The van der Waals surface area contributed by atoms with Crippen molar-refractivity contribution in [3.05, 3.63) is 28.1 Å². The van der Waals surface area contributed by atoms with E-state index in [4.69, 9.17) is 9.84 Å². The predicted octanol–water partition coefficient (Wildman–Crippen LogP) is 2.41. The molecule has 0 bridgehead atoms. The van der Waals surface area contributed by atoms with E-state index in [1.807, 2.05) is 0 Å². The van der Waals surface area contributed by atoms with Crippen LogP contribution < -0.4 is 10.1 Å². The second-order valence-electron chi connectivity index (χ2n) is 4.84. The van der Waals surface area contributed by atoms with Gasteiger partial charge in [-0.1, -0.05) is 0 Å². The van der Waals surface area contributed by atoms with Crippen LogP contribution in [0.1, 0.15) is 20.3 Å². The normalized spacial score (nSPS) is 11.0. The number of carboxylic acids is 1. The number of nitrogens with one attached hydrogen (secondary N) is 1. The van der Waals surface area contributed by atoms with Gasteiger partial charge in [-0.25, -0.2) is 4.39 Å². The molecule has 0 aliphatic carbocycles. The molecule has 0 amide bonds. The van der Waals surface area contributed by atoms with Crippen molar-refractivity contribution in [3.63, 3.8) is 0 Å². The first kappa shape index (κ1) is 15.7. The first-order valence-electron chi connectivity index (χ1n) is 5.68. The van der Waals surface area contributed by atoms with Gasteiger partial charge < -0.3 is 15.2 Å². The van der Waals surface area contributed by atoms with Crippen molar-refractivity contribution < 1.29 is 24.0 Å². The topological polar surface area (TPSA) is 102 Å². The highest BCUT2D eigenvalue weighted by atomic mass is 19.1. The molecule has 1 rings (SSSR count). The summed E-state index contributed by atoms with van der Waals surface area (Å²) in [6.45, 7) is 3.16. The Morgan fingerprint density at radius 2 is 2.15 bits per heavy atom. The minimum atomic E-state index is -1.04. The van der Waals surface area contributed by atoms with Crippen LogP contribution >= 0.6 is 0 Å². The highest BCUT2D eigenvalue weighted by Gasteiger charge is 2.25. The van der Waals surface area contributed by atoms with Crippen LogP contribution in [0.3, 0.4) is 0 Å². The maximum atomic E-state index is 13.8. The van der Waals surface area contributed by atoms with Crippen molar-refractivity contribution in [2.45, 2.75) is 25.8 Å². The lowest BCUT2D eigenvalue weighted by atomic mass is 10.00. The standard InChI is InChI=1S/C12H15FN2O5/c1-12(2,6-11(16)17)14-8-5-10(20-3)9(15(18)19)4-7(8)13/h4-5,14H,6H2,1-3H3,(H,16,17). The Morgan fingerprint density at radius 3 is 2.60 bits per heavy atom. The molecule has 0 fully saturated rings. The molecular formula is C12H15FN2O5. The molecule has 20 heavy (non-hydrogen) atoms. The largest absolute Gasteiger partial charge is 0.490 e. The molecule has 0 spiro atoms. The van der Waals surface area contributed by atoms with E-state index in [-0.39, 0.29) is 17.9 Å². The Labute approximate surface area is 114 Å². The molecule has 0 atom stereocenters. The Hall–Kier alpha value is -2.38. The minimum Gasteiger partial charge on any atom is -0.490 e. The van der Waals surface area contributed by atoms with Crippen LogP contribution in [0, 0.1) is 15.9 Å². The molecular weight excluding hydrogens is 271 g/mol. The van der Waals surface area contributed by atoms with E-state index in [2.05, 4.69) is 5.32 Å². The zero-order chi connectivity index (χ0) is 15.5. The molecule has 0 saturated carbocycles. The molecule has 1 aromatic carbocycles. The van der Waals surface area contributed by atoms with Crippen LogP contribution in [-0.4, -0.2) is 28.6 Å². The van der Waals surface area contributed by atoms with E-state index in [1.165, 1.54) is 7.11 Å². The van der Waals surface area contributed by atoms with Crippen LogP contribution in [0.4, 0.5) is 15.8 Å². The number of hydrogen-bond donors (Lipinski definition) is 2. The van der Waals surface area contributed by atoms with Gasteiger partial charge in [0.2, 0.25) is 0 Å². The van der Waals surface area contributed by atoms with Gasteiger partial charge in [0.1, 0.15) is 0 Å². The molecule has 7 nitrogen and oxygen atoms in total. The third-order valence-corrected chi connectivity index (χ3v) is 2.53. The summed E-state index contributed by atoms with van der Waals surface area (Å²) in [5.41, 5.74) is -1.47. The summed E-state index contributed by atoms with van der Waals surface area (Å²) >= 11 is 0. The Morgan fingerprint density at radius 1 is 1.55 bits per heavy atom. The zero-order valence-electron chi connectivity index (χ0n) is 11.3. The van der Waals surface area contributed by atoms with Gasteiger partial charge in [0.15, 0.2) is 11.6 Å². The van der Waals surface area contributed by atoms with Gasteiger partial charge in [0.25, 0.3) is 0 Å². The molecule has 0 aliphatic heterocycles. The Bertz CT molecular complexity index is 545. The van der Waals surface area contributed by atoms with E-state index in [9.17, 15) is 19.3 Å². The number of carboxylic acid groups (broad SMARTS) is 1. The predicted molar refractivity (Wildman–Crippen MR) is 69.6 cm³/mol. The molecule has 0 radical (unpaired) electrons. The van der Waals surface area contributed by atoms with Crippen LogP contribution in [0.2, 0.25) is 0 Å². The average Bonchev–Trinajstić information content (AvgIpc) is 2.28. The number of benzene rings is 1. The molecule has 0 unspecified atom stereocenters. The maximum Gasteiger partial charge on any atom is 0.313 e. The lowest BCUT2D eigenvalue weighted by molar-refractivity contribution is -0.385. The van der Waals surface area contributed by atoms with E-state index in [0.29, 0.717) is 0 Å². The molecule has 1 aromatic rings. The smallest absolute Gasteiger partial charge is 0.313 e. The Balaban J connectivity index is 3.14. The zero-order valence-corrected chi connectivity index (χ0v) is 11.3. The number of halogens is 1. The van der Waals surface area contributed by atoms with Crippen molar-refractivity contribution in [1.29, 1.82) is 0 Å². The second-order valence-corrected chi connectivity index (χ2v) is 4.84. The summed E-state index contributed by atoms with van der Waals surface area (Å²) in [5.74, 6) is -2.00. The fraction of sp³-hybridized carbons (Fsp3) is 0.417. The van der Waals surface area contributed by atoms with Crippen molar-refractivity contribution in [3.8, 4) is 5.75 Å². The number of hydrogen-bond acceptors (Lipinski definition) is 5. The maximum absolute atomic E-state index is 13.8. The molecule has 0 aliphatic rings. The monoisotopic (exact) mass is 286 g/mol. The second kappa shape index (κ2) is 5.72. The number of nitro groups is 1. The van der Waals surface area contributed by atoms with Gasteiger partial charge in [-0.2, -0.15) is 0 Å². The summed E-state index contributed by atoms with van der Waals surface area (Å²) in [6.07, 6.45) is -0.244. The van der Waals surface area contributed by atoms with Gasteiger partial charge in [-0.15, -0.1) is 0 Å². The number of aliphatic carboxylic acids is 1. The first-order chi connectivity index (χ1) is 9.16. The average molecular weight is 286 g/mol. The number of nitro benzene ring substituents is 1.